The number of amides is 1. The van der Waals surface area contributed by atoms with Crippen LogP contribution in [-0.4, -0.2) is 39.8 Å². The lowest BCUT2D eigenvalue weighted by Gasteiger charge is -2.14. The molecule has 1 amide bonds. The molecule has 6 heteroatoms. The molecule has 6 nitrogen and oxygen atoms in total. The van der Waals surface area contributed by atoms with Crippen molar-refractivity contribution in [1.82, 2.24) is 5.32 Å². The number of alkyl carbamates (subject to hydrolysis) is 1. The molecule has 168 valence electrons. The van der Waals surface area contributed by atoms with Gasteiger partial charge in [-0.25, -0.2) is 4.79 Å². The second-order valence-electron chi connectivity index (χ2n) is 7.57. The zero-order valence-electron chi connectivity index (χ0n) is 18.5. The van der Waals surface area contributed by atoms with Crippen LogP contribution in [0.5, 0.6) is 11.5 Å². The van der Waals surface area contributed by atoms with Crippen molar-refractivity contribution < 1.29 is 23.8 Å². The average Bonchev–Trinajstić information content (AvgIpc) is 3.18. The Hall–Kier alpha value is -4.06. The van der Waals surface area contributed by atoms with Crippen molar-refractivity contribution in [3.8, 4) is 22.6 Å². The molecule has 0 aliphatic heterocycles. The Morgan fingerprint density at radius 2 is 1.64 bits per heavy atom. The Morgan fingerprint density at radius 1 is 0.970 bits per heavy atom. The smallest absolute Gasteiger partial charge is 0.407 e. The van der Waals surface area contributed by atoms with E-state index in [1.807, 2.05) is 24.3 Å². The van der Waals surface area contributed by atoms with Gasteiger partial charge in [0.05, 0.1) is 14.2 Å². The van der Waals surface area contributed by atoms with Gasteiger partial charge in [-0.15, -0.1) is 0 Å². The number of ether oxygens (including phenoxy) is 3. The highest BCUT2D eigenvalue weighted by Gasteiger charge is 2.28. The molecule has 0 radical (unpaired) electrons. The van der Waals surface area contributed by atoms with E-state index in [1.165, 1.54) is 36.5 Å². The highest BCUT2D eigenvalue weighted by molar-refractivity contribution is 5.80. The third-order valence-corrected chi connectivity index (χ3v) is 5.67. The standard InChI is InChI=1S/C27H25NO5/c1-31-25-15-18(16-29)14-19(26(25)32-2)8-7-13-28-27(30)33-17-24-22-11-5-3-9-20(22)21-10-4-6-12-23(21)24/h3-12,14-16,24H,13,17H2,1-2H3,(H,28,30). The quantitative estimate of drug-likeness (QED) is 0.492. The minimum Gasteiger partial charge on any atom is -0.493 e. The summed E-state index contributed by atoms with van der Waals surface area (Å²) in [5.74, 6) is 0.994. The lowest BCUT2D eigenvalue weighted by Crippen LogP contribution is -2.26. The summed E-state index contributed by atoms with van der Waals surface area (Å²) in [6.07, 6.45) is 3.77. The fraction of sp³-hybridized carbons (Fsp3) is 0.185. The molecule has 0 bridgehead atoms. The Labute approximate surface area is 192 Å². The third kappa shape index (κ3) is 4.60. The molecule has 3 aromatic rings. The predicted molar refractivity (Wildman–Crippen MR) is 127 cm³/mol. The molecule has 0 spiro atoms. The maximum atomic E-state index is 12.3. The van der Waals surface area contributed by atoms with Crippen LogP contribution in [0.15, 0.2) is 66.7 Å². The fourth-order valence-corrected chi connectivity index (χ4v) is 4.19. The number of nitrogens with one attached hydrogen (secondary N) is 1. The molecule has 3 aromatic carbocycles. The van der Waals surface area contributed by atoms with Gasteiger partial charge in [0.1, 0.15) is 12.9 Å². The van der Waals surface area contributed by atoms with Crippen molar-refractivity contribution in [3.05, 3.63) is 89.0 Å². The molecule has 1 aliphatic rings. The van der Waals surface area contributed by atoms with E-state index >= 15 is 0 Å². The second-order valence-corrected chi connectivity index (χ2v) is 7.57. The molecule has 0 heterocycles. The van der Waals surface area contributed by atoms with Crippen LogP contribution in [0, 0.1) is 0 Å². The van der Waals surface area contributed by atoms with Gasteiger partial charge in [0.25, 0.3) is 0 Å². The lowest BCUT2D eigenvalue weighted by atomic mass is 9.98. The number of fused-ring (bicyclic) bond motifs is 3. The first kappa shape index (κ1) is 22.1. The van der Waals surface area contributed by atoms with Crippen LogP contribution in [0.4, 0.5) is 4.79 Å². The Morgan fingerprint density at radius 3 is 2.24 bits per heavy atom. The fourth-order valence-electron chi connectivity index (χ4n) is 4.19. The molecule has 0 atom stereocenters. The van der Waals surface area contributed by atoms with Gasteiger partial charge in [0.2, 0.25) is 0 Å². The van der Waals surface area contributed by atoms with Crippen molar-refractivity contribution in [3.63, 3.8) is 0 Å². The normalized spacial score (nSPS) is 12.2. The summed E-state index contributed by atoms with van der Waals surface area (Å²) >= 11 is 0. The largest absolute Gasteiger partial charge is 0.493 e. The highest BCUT2D eigenvalue weighted by Crippen LogP contribution is 2.44. The van der Waals surface area contributed by atoms with Crippen molar-refractivity contribution in [1.29, 1.82) is 0 Å². The van der Waals surface area contributed by atoms with Crippen LogP contribution >= 0.6 is 0 Å². The monoisotopic (exact) mass is 443 g/mol. The minimum absolute atomic E-state index is 0.0153. The lowest BCUT2D eigenvalue weighted by molar-refractivity contribution is 0.112. The number of aldehydes is 1. The van der Waals surface area contributed by atoms with E-state index in [0.717, 1.165) is 6.29 Å². The zero-order valence-corrected chi connectivity index (χ0v) is 18.5. The number of hydrogen-bond acceptors (Lipinski definition) is 5. The van der Waals surface area contributed by atoms with E-state index in [2.05, 4.69) is 29.6 Å². The van der Waals surface area contributed by atoms with Gasteiger partial charge < -0.3 is 19.5 Å². The van der Waals surface area contributed by atoms with E-state index in [1.54, 1.807) is 24.3 Å². The summed E-state index contributed by atoms with van der Waals surface area (Å²) in [6.45, 7) is 0.517. The first-order chi connectivity index (χ1) is 16.2. The van der Waals surface area contributed by atoms with E-state index in [-0.39, 0.29) is 19.1 Å². The number of carbonyl (C=O) groups excluding carboxylic acids is 2. The molecular weight excluding hydrogens is 418 g/mol. The van der Waals surface area contributed by atoms with Crippen molar-refractivity contribution in [2.75, 3.05) is 27.4 Å². The molecule has 1 aliphatic carbocycles. The van der Waals surface area contributed by atoms with Crippen molar-refractivity contribution in [2.45, 2.75) is 5.92 Å². The van der Waals surface area contributed by atoms with Gasteiger partial charge >= 0.3 is 6.09 Å². The van der Waals surface area contributed by atoms with Crippen LogP contribution in [0.1, 0.15) is 33.0 Å². The molecular formula is C27H25NO5. The summed E-state index contributed by atoms with van der Waals surface area (Å²) < 4.78 is 16.2. The predicted octanol–water partition coefficient (Wildman–Crippen LogP) is 5.07. The molecule has 0 aromatic heterocycles. The van der Waals surface area contributed by atoms with Gasteiger partial charge in [0, 0.05) is 23.6 Å². The number of methoxy groups -OCH3 is 2. The van der Waals surface area contributed by atoms with Crippen LogP contribution in [-0.2, 0) is 4.74 Å². The Kier molecular flexibility index (Phi) is 6.74. The van der Waals surface area contributed by atoms with Gasteiger partial charge in [-0.3, -0.25) is 4.79 Å². The maximum Gasteiger partial charge on any atom is 0.407 e. The van der Waals surface area contributed by atoms with Crippen LogP contribution < -0.4 is 14.8 Å². The maximum absolute atomic E-state index is 12.3. The van der Waals surface area contributed by atoms with E-state index in [4.69, 9.17) is 14.2 Å². The first-order valence-electron chi connectivity index (χ1n) is 10.6. The summed E-state index contributed by atoms with van der Waals surface area (Å²) in [5.41, 5.74) is 5.86. The number of rotatable bonds is 8. The SMILES string of the molecule is COc1cc(C=O)cc(C=CCNC(=O)OCC2c3ccccc3-c3ccccc32)c1OC. The van der Waals surface area contributed by atoms with Crippen LogP contribution in [0.3, 0.4) is 0 Å². The third-order valence-electron chi connectivity index (χ3n) is 5.67. The highest BCUT2D eigenvalue weighted by atomic mass is 16.5. The number of carbonyl (C=O) groups is 2. The molecule has 0 saturated heterocycles. The first-order valence-corrected chi connectivity index (χ1v) is 10.6. The van der Waals surface area contributed by atoms with E-state index in [0.29, 0.717) is 22.6 Å². The summed E-state index contributed by atoms with van der Waals surface area (Å²) in [6, 6.07) is 19.7. The topological polar surface area (TPSA) is 73.9 Å². The molecule has 33 heavy (non-hydrogen) atoms. The van der Waals surface area contributed by atoms with Gasteiger partial charge in [-0.1, -0.05) is 60.7 Å². The van der Waals surface area contributed by atoms with E-state index in [9.17, 15) is 9.59 Å². The van der Waals surface area contributed by atoms with E-state index < -0.39 is 6.09 Å². The van der Waals surface area contributed by atoms with Crippen molar-refractivity contribution in [2.24, 2.45) is 0 Å². The number of benzene rings is 3. The second kappa shape index (κ2) is 10.0. The average molecular weight is 443 g/mol. The van der Waals surface area contributed by atoms with Crippen molar-refractivity contribution >= 4 is 18.5 Å². The summed E-state index contributed by atoms with van der Waals surface area (Å²) in [4.78, 5) is 23.5. The van der Waals surface area contributed by atoms with Gasteiger partial charge in [0.15, 0.2) is 11.5 Å². The Bertz CT molecular complexity index is 1160. The van der Waals surface area contributed by atoms with Crippen LogP contribution in [0.25, 0.3) is 17.2 Å². The molecule has 0 unspecified atom stereocenters. The summed E-state index contributed by atoms with van der Waals surface area (Å²) in [5, 5.41) is 2.73. The molecule has 0 saturated carbocycles. The number of hydrogen-bond donors (Lipinski definition) is 1. The minimum atomic E-state index is -0.493. The Balaban J connectivity index is 1.37. The molecule has 0 fully saturated rings. The van der Waals surface area contributed by atoms with Gasteiger partial charge in [-0.2, -0.15) is 0 Å². The zero-order chi connectivity index (χ0) is 23.2. The van der Waals surface area contributed by atoms with Crippen LogP contribution in [0.2, 0.25) is 0 Å². The van der Waals surface area contributed by atoms with Gasteiger partial charge in [-0.05, 0) is 34.4 Å². The molecule has 4 rings (SSSR count). The summed E-state index contributed by atoms with van der Waals surface area (Å²) in [7, 11) is 3.04. The molecule has 1 N–H and O–H groups in total.